The summed E-state index contributed by atoms with van der Waals surface area (Å²) in [7, 11) is 0. The van der Waals surface area contributed by atoms with Crippen LogP contribution in [0.3, 0.4) is 0 Å². The maximum Gasteiger partial charge on any atom is 0.311 e. The van der Waals surface area contributed by atoms with Gasteiger partial charge in [-0.05, 0) is 91.0 Å². The number of anilines is 1. The van der Waals surface area contributed by atoms with Gasteiger partial charge in [0, 0.05) is 17.7 Å². The first-order valence-electron chi connectivity index (χ1n) is 12.9. The Labute approximate surface area is 217 Å². The van der Waals surface area contributed by atoms with Gasteiger partial charge in [0.15, 0.2) is 6.29 Å². The first-order valence-corrected chi connectivity index (χ1v) is 12.9. The summed E-state index contributed by atoms with van der Waals surface area (Å²) >= 11 is 0. The van der Waals surface area contributed by atoms with Crippen molar-refractivity contribution in [3.8, 4) is 5.75 Å². The number of ether oxygens (including phenoxy) is 4. The number of benzene rings is 1. The zero-order valence-electron chi connectivity index (χ0n) is 23.7. The molecule has 1 aromatic carbocycles. The Morgan fingerprint density at radius 2 is 1.64 bits per heavy atom. The minimum atomic E-state index is -0.905. The predicted octanol–water partition coefficient (Wildman–Crippen LogP) is 5.17. The van der Waals surface area contributed by atoms with E-state index in [0.29, 0.717) is 25.5 Å². The van der Waals surface area contributed by atoms with E-state index in [9.17, 15) is 14.7 Å². The summed E-state index contributed by atoms with van der Waals surface area (Å²) in [6, 6.07) is 3.78. The van der Waals surface area contributed by atoms with Gasteiger partial charge in [0.05, 0.1) is 25.2 Å². The Balaban J connectivity index is 2.78. The van der Waals surface area contributed by atoms with Crippen LogP contribution in [0.5, 0.6) is 5.75 Å². The smallest absolute Gasteiger partial charge is 0.311 e. The number of aliphatic hydroxyl groups is 1. The van der Waals surface area contributed by atoms with Crippen molar-refractivity contribution in [1.29, 1.82) is 0 Å². The molecule has 0 aliphatic heterocycles. The number of esters is 1. The number of aryl methyl sites for hydroxylation is 2. The lowest BCUT2D eigenvalue weighted by Gasteiger charge is -2.33. The minimum Gasteiger partial charge on any atom is -0.494 e. The zero-order valence-corrected chi connectivity index (χ0v) is 23.7. The molecule has 36 heavy (non-hydrogen) atoms. The van der Waals surface area contributed by atoms with Crippen LogP contribution in [0.25, 0.3) is 0 Å². The molecule has 2 N–H and O–H groups in total. The summed E-state index contributed by atoms with van der Waals surface area (Å²) < 4.78 is 22.4. The number of hydrogen-bond acceptors (Lipinski definition) is 7. The second-order valence-electron chi connectivity index (χ2n) is 10.5. The maximum absolute atomic E-state index is 13.2. The first-order chi connectivity index (χ1) is 16.8. The SMILES string of the molecule is CCOC(=O)C(C)(C)CCCCOc1cc(C)c(NC(=O)C(OC(C)OCC)C(C)(C)CO)c(C)c1. The molecule has 0 radical (unpaired) electrons. The lowest BCUT2D eigenvalue weighted by molar-refractivity contribution is -0.190. The third-order valence-corrected chi connectivity index (χ3v) is 6.13. The molecular weight excluding hydrogens is 462 g/mol. The van der Waals surface area contributed by atoms with Gasteiger partial charge in [0.2, 0.25) is 0 Å². The highest BCUT2D eigenvalue weighted by molar-refractivity contribution is 5.96. The summed E-state index contributed by atoms with van der Waals surface area (Å²) in [6.45, 7) is 17.7. The highest BCUT2D eigenvalue weighted by Crippen LogP contribution is 2.30. The van der Waals surface area contributed by atoms with Gasteiger partial charge in [0.25, 0.3) is 5.91 Å². The monoisotopic (exact) mass is 509 g/mol. The van der Waals surface area contributed by atoms with Gasteiger partial charge in [-0.1, -0.05) is 13.8 Å². The fraction of sp³-hybridized carbons (Fsp3) is 0.714. The molecule has 0 bridgehead atoms. The fourth-order valence-corrected chi connectivity index (χ4v) is 3.83. The Morgan fingerprint density at radius 1 is 1.03 bits per heavy atom. The molecular formula is C28H47NO7. The molecule has 0 spiro atoms. The number of carbonyl (C=O) groups is 2. The molecule has 1 aromatic rings. The van der Waals surface area contributed by atoms with E-state index in [4.69, 9.17) is 18.9 Å². The Bertz CT molecular complexity index is 827. The molecule has 2 unspecified atom stereocenters. The van der Waals surface area contributed by atoms with Crippen LogP contribution in [0.15, 0.2) is 12.1 Å². The van der Waals surface area contributed by atoms with Gasteiger partial charge in [-0.15, -0.1) is 0 Å². The van der Waals surface area contributed by atoms with E-state index in [0.717, 1.165) is 36.1 Å². The maximum atomic E-state index is 13.2. The van der Waals surface area contributed by atoms with Crippen LogP contribution in [-0.4, -0.2) is 55.8 Å². The van der Waals surface area contributed by atoms with E-state index in [-0.39, 0.29) is 18.5 Å². The van der Waals surface area contributed by atoms with Crippen LogP contribution in [0, 0.1) is 24.7 Å². The third-order valence-electron chi connectivity index (χ3n) is 6.13. The molecule has 0 aliphatic rings. The lowest BCUT2D eigenvalue weighted by atomic mass is 9.86. The second-order valence-corrected chi connectivity index (χ2v) is 10.5. The van der Waals surface area contributed by atoms with Crippen molar-refractivity contribution in [2.75, 3.05) is 31.7 Å². The Morgan fingerprint density at radius 3 is 2.17 bits per heavy atom. The summed E-state index contributed by atoms with van der Waals surface area (Å²) in [5.41, 5.74) is 1.10. The minimum absolute atomic E-state index is 0.169. The van der Waals surface area contributed by atoms with Crippen LogP contribution < -0.4 is 10.1 Å². The number of unbranched alkanes of at least 4 members (excludes halogenated alkanes) is 1. The van der Waals surface area contributed by atoms with Crippen molar-refractivity contribution in [3.05, 3.63) is 23.3 Å². The van der Waals surface area contributed by atoms with E-state index in [1.165, 1.54) is 0 Å². The first kappa shape index (κ1) is 31.9. The number of aliphatic hydroxyl groups excluding tert-OH is 1. The van der Waals surface area contributed by atoms with Gasteiger partial charge in [-0.25, -0.2) is 0 Å². The molecule has 8 nitrogen and oxygen atoms in total. The van der Waals surface area contributed by atoms with Crippen LogP contribution in [0.4, 0.5) is 5.69 Å². The third kappa shape index (κ3) is 9.71. The van der Waals surface area contributed by atoms with Crippen LogP contribution in [-0.2, 0) is 23.8 Å². The highest BCUT2D eigenvalue weighted by atomic mass is 16.7. The molecule has 8 heteroatoms. The molecule has 1 amide bonds. The van der Waals surface area contributed by atoms with Crippen LogP contribution >= 0.6 is 0 Å². The predicted molar refractivity (Wildman–Crippen MR) is 141 cm³/mol. The number of rotatable bonds is 16. The number of hydrogen-bond donors (Lipinski definition) is 2. The van der Waals surface area contributed by atoms with Crippen molar-refractivity contribution in [1.82, 2.24) is 0 Å². The van der Waals surface area contributed by atoms with E-state index >= 15 is 0 Å². The van der Waals surface area contributed by atoms with Crippen LogP contribution in [0.1, 0.15) is 78.9 Å². The van der Waals surface area contributed by atoms with E-state index < -0.39 is 23.2 Å². The molecule has 0 heterocycles. The summed E-state index contributed by atoms with van der Waals surface area (Å²) in [5, 5.41) is 12.8. The number of carbonyl (C=O) groups excluding carboxylic acids is 2. The van der Waals surface area contributed by atoms with Gasteiger partial charge in [-0.3, -0.25) is 9.59 Å². The van der Waals surface area contributed by atoms with Gasteiger partial charge >= 0.3 is 5.97 Å². The van der Waals surface area contributed by atoms with Crippen molar-refractivity contribution in [3.63, 3.8) is 0 Å². The number of nitrogens with one attached hydrogen (secondary N) is 1. The Kier molecular flexibility index (Phi) is 12.9. The summed E-state index contributed by atoms with van der Waals surface area (Å²) in [4.78, 5) is 25.2. The topological polar surface area (TPSA) is 103 Å². The van der Waals surface area contributed by atoms with E-state index in [1.807, 2.05) is 53.7 Å². The molecule has 0 aliphatic carbocycles. The van der Waals surface area contributed by atoms with Crippen molar-refractivity contribution in [2.24, 2.45) is 10.8 Å². The average Bonchev–Trinajstić information content (AvgIpc) is 2.79. The van der Waals surface area contributed by atoms with Gasteiger partial charge in [0.1, 0.15) is 11.9 Å². The summed E-state index contributed by atoms with van der Waals surface area (Å²) in [5.74, 6) is 0.211. The summed E-state index contributed by atoms with van der Waals surface area (Å²) in [6.07, 6.45) is 0.899. The normalized spacial score (nSPS) is 13.7. The molecule has 1 rings (SSSR count). The molecule has 206 valence electrons. The molecule has 0 fully saturated rings. The quantitative estimate of drug-likeness (QED) is 0.180. The largest absolute Gasteiger partial charge is 0.494 e. The van der Waals surface area contributed by atoms with E-state index in [2.05, 4.69) is 5.32 Å². The molecule has 2 atom stereocenters. The van der Waals surface area contributed by atoms with Gasteiger partial charge < -0.3 is 29.4 Å². The average molecular weight is 510 g/mol. The molecule has 0 saturated heterocycles. The number of amides is 1. The standard InChI is InChI=1S/C28H47NO7/c1-10-33-21(5)36-24(28(8,9)18-30)25(31)29-23-19(3)16-22(17-20(23)4)35-15-13-12-14-27(6,7)26(32)34-11-2/h16-17,21,24,30H,10-15,18H2,1-9H3,(H,29,31). The zero-order chi connectivity index (χ0) is 27.5. The fourth-order valence-electron chi connectivity index (χ4n) is 3.83. The molecule has 0 saturated carbocycles. The lowest BCUT2D eigenvalue weighted by Crippen LogP contribution is -2.46. The highest BCUT2D eigenvalue weighted by Gasteiger charge is 2.37. The second kappa shape index (κ2) is 14.5. The Hall–Kier alpha value is -2.16. The molecule has 0 aromatic heterocycles. The van der Waals surface area contributed by atoms with Gasteiger partial charge in [-0.2, -0.15) is 0 Å². The van der Waals surface area contributed by atoms with Crippen molar-refractivity contribution < 1.29 is 33.6 Å². The van der Waals surface area contributed by atoms with Crippen molar-refractivity contribution in [2.45, 2.75) is 94.0 Å². The van der Waals surface area contributed by atoms with Crippen LogP contribution in [0.2, 0.25) is 0 Å². The van der Waals surface area contributed by atoms with Crippen molar-refractivity contribution >= 4 is 17.6 Å². The van der Waals surface area contributed by atoms with E-state index in [1.54, 1.807) is 20.8 Å².